The molecule has 0 saturated carbocycles. The molecule has 1 heterocycles. The van der Waals surface area contributed by atoms with Gasteiger partial charge in [0.2, 0.25) is 5.91 Å². The predicted octanol–water partition coefficient (Wildman–Crippen LogP) is 5.13. The number of hydrogen-bond donors (Lipinski definition) is 7. The van der Waals surface area contributed by atoms with Crippen LogP contribution in [0.2, 0.25) is 0 Å². The van der Waals surface area contributed by atoms with E-state index in [1.165, 1.54) is 51.4 Å². The summed E-state index contributed by atoms with van der Waals surface area (Å²) in [6.07, 6.45) is 22.4. The smallest absolute Gasteiger partial charge is 0.249 e. The van der Waals surface area contributed by atoms with Gasteiger partial charge in [-0.2, -0.15) is 0 Å². The maximum Gasteiger partial charge on any atom is 0.249 e. The number of aliphatic hydroxyl groups excluding tert-OH is 6. The first-order valence-corrected chi connectivity index (χ1v) is 18.8. The molecule has 1 amide bonds. The summed E-state index contributed by atoms with van der Waals surface area (Å²) in [6.45, 7) is 3.46. The minimum absolute atomic E-state index is 0.302. The second-order valence-corrected chi connectivity index (χ2v) is 13.1. The Hall–Kier alpha value is -1.63. The second kappa shape index (κ2) is 29.1. The summed E-state index contributed by atoms with van der Waals surface area (Å²) in [7, 11) is 0. The molecule has 1 fully saturated rings. The van der Waals surface area contributed by atoms with Crippen LogP contribution in [0.4, 0.5) is 0 Å². The summed E-state index contributed by atoms with van der Waals surface area (Å²) >= 11 is 0. The molecule has 8 atom stereocenters. The Morgan fingerprint density at radius 1 is 0.708 bits per heavy atom. The third-order valence-electron chi connectivity index (χ3n) is 8.78. The number of nitrogens with one attached hydrogen (secondary N) is 1. The molecule has 0 aliphatic carbocycles. The first-order chi connectivity index (χ1) is 23.3. The fourth-order valence-electron chi connectivity index (χ4n) is 5.61. The van der Waals surface area contributed by atoms with E-state index in [1.54, 1.807) is 6.08 Å². The van der Waals surface area contributed by atoms with E-state index in [9.17, 15) is 35.4 Å². The topological polar surface area (TPSA) is 169 Å². The van der Waals surface area contributed by atoms with Gasteiger partial charge in [0.15, 0.2) is 6.29 Å². The number of hydrogen-bond acceptors (Lipinski definition) is 9. The molecule has 7 N–H and O–H groups in total. The van der Waals surface area contributed by atoms with Crippen LogP contribution < -0.4 is 5.32 Å². The van der Waals surface area contributed by atoms with E-state index in [2.05, 4.69) is 43.5 Å². The lowest BCUT2D eigenvalue weighted by molar-refractivity contribution is -0.302. The summed E-state index contributed by atoms with van der Waals surface area (Å²) in [5.74, 6) is -0.635. The van der Waals surface area contributed by atoms with Crippen molar-refractivity contribution in [1.29, 1.82) is 0 Å². The highest BCUT2D eigenvalue weighted by atomic mass is 16.7. The second-order valence-electron chi connectivity index (χ2n) is 13.1. The van der Waals surface area contributed by atoms with Crippen LogP contribution in [-0.2, 0) is 14.3 Å². The van der Waals surface area contributed by atoms with Crippen molar-refractivity contribution in [3.8, 4) is 0 Å². The highest BCUT2D eigenvalue weighted by molar-refractivity contribution is 5.80. The lowest BCUT2D eigenvalue weighted by atomic mass is 9.99. The lowest BCUT2D eigenvalue weighted by Crippen LogP contribution is -2.60. The van der Waals surface area contributed by atoms with Crippen molar-refractivity contribution in [3.05, 3.63) is 36.5 Å². The van der Waals surface area contributed by atoms with Crippen molar-refractivity contribution in [2.75, 3.05) is 13.2 Å². The molecule has 8 unspecified atom stereocenters. The molecule has 48 heavy (non-hydrogen) atoms. The number of rotatable bonds is 29. The van der Waals surface area contributed by atoms with E-state index >= 15 is 0 Å². The van der Waals surface area contributed by atoms with Crippen molar-refractivity contribution in [2.24, 2.45) is 0 Å². The molecule has 0 aromatic heterocycles. The zero-order valence-corrected chi connectivity index (χ0v) is 29.8. The van der Waals surface area contributed by atoms with E-state index in [1.807, 2.05) is 6.08 Å². The third-order valence-corrected chi connectivity index (χ3v) is 8.78. The van der Waals surface area contributed by atoms with Gasteiger partial charge < -0.3 is 45.4 Å². The largest absolute Gasteiger partial charge is 0.394 e. The van der Waals surface area contributed by atoms with E-state index < -0.39 is 61.5 Å². The number of amides is 1. The zero-order chi connectivity index (χ0) is 35.4. The summed E-state index contributed by atoms with van der Waals surface area (Å²) in [4.78, 5) is 12.9. The minimum atomic E-state index is -1.61. The Balaban J connectivity index is 2.57. The molecule has 0 aromatic rings. The molecular weight excluding hydrogens is 614 g/mol. The maximum atomic E-state index is 12.9. The van der Waals surface area contributed by atoms with Gasteiger partial charge in [-0.05, 0) is 38.5 Å². The van der Waals surface area contributed by atoms with Gasteiger partial charge in [-0.1, -0.05) is 134 Å². The SMILES string of the molecule is CCC/C=C/CC/C=C/CC/C=C/C(O)C(COC1OC(CO)C(O)C(O)C1O)NC(=O)C(O)CCCCCCCCCCCCCC. The average Bonchev–Trinajstić information content (AvgIpc) is 3.08. The Kier molecular flexibility index (Phi) is 26.9. The van der Waals surface area contributed by atoms with Crippen LogP contribution in [-0.4, -0.2) is 98.7 Å². The van der Waals surface area contributed by atoms with Crippen LogP contribution in [0.5, 0.6) is 0 Å². The van der Waals surface area contributed by atoms with E-state index in [0.29, 0.717) is 19.3 Å². The molecule has 1 aliphatic rings. The van der Waals surface area contributed by atoms with Gasteiger partial charge in [0, 0.05) is 0 Å². The minimum Gasteiger partial charge on any atom is -0.394 e. The lowest BCUT2D eigenvalue weighted by Gasteiger charge is -2.40. The standard InChI is InChI=1S/C38H69NO9/c1-3-5-7-9-11-13-15-17-19-21-23-25-27-32(42)37(46)39-30(29-47-38-36(45)35(44)34(43)33(28-40)48-38)31(41)26-24-22-20-18-16-14-12-10-8-6-4-2/h8,10,16,18,24,26,30-36,38,40-45H,3-7,9,11-15,17,19-23,25,27-29H2,1-2H3,(H,39,46)/b10-8+,18-16+,26-24+. The molecule has 0 spiro atoms. The molecule has 1 saturated heterocycles. The van der Waals surface area contributed by atoms with Crippen LogP contribution in [0, 0.1) is 0 Å². The van der Waals surface area contributed by atoms with Crippen LogP contribution in [0.3, 0.4) is 0 Å². The van der Waals surface area contributed by atoms with E-state index in [-0.39, 0.29) is 6.61 Å². The average molecular weight is 684 g/mol. The molecule has 0 aromatic carbocycles. The first kappa shape index (κ1) is 44.4. The van der Waals surface area contributed by atoms with Gasteiger partial charge in [0.1, 0.15) is 30.5 Å². The summed E-state index contributed by atoms with van der Waals surface area (Å²) in [6, 6.07) is -0.997. The highest BCUT2D eigenvalue weighted by Gasteiger charge is 2.44. The van der Waals surface area contributed by atoms with E-state index in [4.69, 9.17) is 9.47 Å². The molecule has 0 bridgehead atoms. The van der Waals surface area contributed by atoms with Gasteiger partial charge in [0.05, 0.1) is 25.4 Å². The Bertz CT molecular complexity index is 865. The van der Waals surface area contributed by atoms with E-state index in [0.717, 1.165) is 51.4 Å². The predicted molar refractivity (Wildman–Crippen MR) is 190 cm³/mol. The molecular formula is C38H69NO9. The number of allylic oxidation sites excluding steroid dienone is 5. The quantitative estimate of drug-likeness (QED) is 0.0418. The van der Waals surface area contributed by atoms with Crippen LogP contribution in [0.15, 0.2) is 36.5 Å². The fraction of sp³-hybridized carbons (Fsp3) is 0.816. The molecule has 1 aliphatic heterocycles. The number of ether oxygens (including phenoxy) is 2. The molecule has 1 rings (SSSR count). The van der Waals surface area contributed by atoms with Crippen molar-refractivity contribution in [2.45, 2.75) is 185 Å². The van der Waals surface area contributed by atoms with Gasteiger partial charge >= 0.3 is 0 Å². The fourth-order valence-corrected chi connectivity index (χ4v) is 5.61. The van der Waals surface area contributed by atoms with Crippen LogP contribution >= 0.6 is 0 Å². The number of carbonyl (C=O) groups is 1. The number of aliphatic hydroxyl groups is 6. The Morgan fingerprint density at radius 2 is 1.23 bits per heavy atom. The van der Waals surface area contributed by atoms with Gasteiger partial charge in [0.25, 0.3) is 0 Å². The summed E-state index contributed by atoms with van der Waals surface area (Å²) in [5.41, 5.74) is 0. The molecule has 280 valence electrons. The Labute approximate surface area is 290 Å². The van der Waals surface area contributed by atoms with Crippen molar-refractivity contribution in [1.82, 2.24) is 5.32 Å². The summed E-state index contributed by atoms with van der Waals surface area (Å²) in [5, 5.41) is 64.1. The van der Waals surface area contributed by atoms with Crippen LogP contribution in [0.1, 0.15) is 136 Å². The maximum absolute atomic E-state index is 12.9. The first-order valence-electron chi connectivity index (χ1n) is 18.8. The highest BCUT2D eigenvalue weighted by Crippen LogP contribution is 2.22. The zero-order valence-electron chi connectivity index (χ0n) is 29.8. The van der Waals surface area contributed by atoms with Crippen molar-refractivity contribution >= 4 is 5.91 Å². The van der Waals surface area contributed by atoms with Crippen molar-refractivity contribution in [3.63, 3.8) is 0 Å². The normalized spacial score (nSPS) is 23.7. The van der Waals surface area contributed by atoms with Crippen molar-refractivity contribution < 1.29 is 44.9 Å². The van der Waals surface area contributed by atoms with Gasteiger partial charge in [-0.3, -0.25) is 4.79 Å². The van der Waals surface area contributed by atoms with Gasteiger partial charge in [-0.25, -0.2) is 0 Å². The monoisotopic (exact) mass is 683 g/mol. The number of carbonyl (C=O) groups excluding carboxylic acids is 1. The summed E-state index contributed by atoms with van der Waals surface area (Å²) < 4.78 is 11.0. The molecule has 0 radical (unpaired) electrons. The number of unbranched alkanes of at least 4 members (excludes halogenated alkanes) is 14. The third kappa shape index (κ3) is 20.1. The van der Waals surface area contributed by atoms with Gasteiger partial charge in [-0.15, -0.1) is 0 Å². The Morgan fingerprint density at radius 3 is 1.77 bits per heavy atom. The molecule has 10 heteroatoms. The van der Waals surface area contributed by atoms with Crippen LogP contribution in [0.25, 0.3) is 0 Å². The molecule has 10 nitrogen and oxygen atoms in total.